The van der Waals surface area contributed by atoms with Crippen LogP contribution in [0.25, 0.3) is 0 Å². The first-order chi connectivity index (χ1) is 16.7. The molecule has 0 amide bonds. The van der Waals surface area contributed by atoms with Gasteiger partial charge in [-0.3, -0.25) is 5.01 Å². The highest BCUT2D eigenvalue weighted by molar-refractivity contribution is 6.15. The fourth-order valence-electron chi connectivity index (χ4n) is 4.00. The minimum atomic E-state index is 0.144. The number of hydrogen-bond donors (Lipinski definition) is 1. The maximum absolute atomic E-state index is 10.8. The number of ether oxygens (including phenoxy) is 1. The molecule has 0 fully saturated rings. The summed E-state index contributed by atoms with van der Waals surface area (Å²) in [5, 5.41) is 17.4. The summed E-state index contributed by atoms with van der Waals surface area (Å²) in [6.07, 6.45) is 7.31. The molecule has 1 N–H and O–H groups in total. The second kappa shape index (κ2) is 12.0. The monoisotopic (exact) mass is 455 g/mol. The van der Waals surface area contributed by atoms with Crippen molar-refractivity contribution in [3.05, 3.63) is 90.0 Å². The standard InChI is InChI=1S/C29H33N3O2/c1-2-3-4-5-6-13-20-34-25-18-19-27(28(33)21-25)32-22-26(23-14-9-7-10-15-23)30-29(31-32)24-16-11-8-12-17-24/h7-12,14-19,21,33H,2-6,13,20,22H2,1H3. The topological polar surface area (TPSA) is 57.4 Å². The van der Waals surface area contributed by atoms with Crippen molar-refractivity contribution >= 4 is 17.2 Å². The van der Waals surface area contributed by atoms with Crippen LogP contribution in [0.3, 0.4) is 0 Å². The largest absolute Gasteiger partial charge is 0.506 e. The number of rotatable bonds is 11. The molecule has 176 valence electrons. The Morgan fingerprint density at radius 1 is 0.824 bits per heavy atom. The molecule has 0 atom stereocenters. The van der Waals surface area contributed by atoms with Crippen molar-refractivity contribution in [2.24, 2.45) is 10.1 Å². The van der Waals surface area contributed by atoms with Crippen LogP contribution in [0, 0.1) is 0 Å². The van der Waals surface area contributed by atoms with Crippen LogP contribution in [-0.2, 0) is 0 Å². The molecule has 0 aromatic heterocycles. The molecule has 0 aliphatic carbocycles. The molecule has 4 rings (SSSR count). The van der Waals surface area contributed by atoms with Gasteiger partial charge < -0.3 is 9.84 Å². The number of hydrogen-bond acceptors (Lipinski definition) is 5. The van der Waals surface area contributed by atoms with Crippen molar-refractivity contribution in [2.75, 3.05) is 18.2 Å². The number of nitrogens with zero attached hydrogens (tertiary/aromatic N) is 3. The molecule has 5 heteroatoms. The van der Waals surface area contributed by atoms with E-state index < -0.39 is 0 Å². The van der Waals surface area contributed by atoms with Gasteiger partial charge in [0.15, 0.2) is 5.84 Å². The SMILES string of the molecule is CCCCCCCCOc1ccc(N2CC(c3ccccc3)=NC(c3ccccc3)=N2)c(O)c1. The second-order valence-electron chi connectivity index (χ2n) is 8.54. The van der Waals surface area contributed by atoms with E-state index >= 15 is 0 Å². The average Bonchev–Trinajstić information content (AvgIpc) is 2.89. The Bertz CT molecular complexity index is 1110. The van der Waals surface area contributed by atoms with Gasteiger partial charge in [0.1, 0.15) is 17.2 Å². The third kappa shape index (κ3) is 6.25. The summed E-state index contributed by atoms with van der Waals surface area (Å²) < 4.78 is 5.88. The van der Waals surface area contributed by atoms with Crippen LogP contribution in [0.4, 0.5) is 5.69 Å². The van der Waals surface area contributed by atoms with Crippen LogP contribution in [0.5, 0.6) is 11.5 Å². The van der Waals surface area contributed by atoms with E-state index in [2.05, 4.69) is 6.92 Å². The Hall–Kier alpha value is -3.60. The normalized spacial score (nSPS) is 13.4. The van der Waals surface area contributed by atoms with E-state index in [0.717, 1.165) is 23.3 Å². The van der Waals surface area contributed by atoms with Crippen molar-refractivity contribution < 1.29 is 9.84 Å². The summed E-state index contributed by atoms with van der Waals surface area (Å²) in [7, 11) is 0. The highest BCUT2D eigenvalue weighted by atomic mass is 16.5. The highest BCUT2D eigenvalue weighted by Crippen LogP contribution is 2.33. The predicted molar refractivity (Wildman–Crippen MR) is 140 cm³/mol. The second-order valence-corrected chi connectivity index (χ2v) is 8.54. The van der Waals surface area contributed by atoms with E-state index in [9.17, 15) is 5.11 Å². The summed E-state index contributed by atoms with van der Waals surface area (Å²) in [4.78, 5) is 4.84. The summed E-state index contributed by atoms with van der Waals surface area (Å²) >= 11 is 0. The highest BCUT2D eigenvalue weighted by Gasteiger charge is 2.21. The van der Waals surface area contributed by atoms with Crippen LogP contribution in [0.1, 0.15) is 56.6 Å². The number of hydrazone groups is 1. The molecular formula is C29H33N3O2. The fourth-order valence-corrected chi connectivity index (χ4v) is 4.00. The molecule has 3 aromatic rings. The molecule has 3 aromatic carbocycles. The van der Waals surface area contributed by atoms with E-state index in [1.54, 1.807) is 6.07 Å². The van der Waals surface area contributed by atoms with Gasteiger partial charge in [0.25, 0.3) is 0 Å². The molecule has 0 unspecified atom stereocenters. The quantitative estimate of drug-likeness (QED) is 0.323. The van der Waals surface area contributed by atoms with Crippen molar-refractivity contribution in [3.63, 3.8) is 0 Å². The van der Waals surface area contributed by atoms with Crippen molar-refractivity contribution in [3.8, 4) is 11.5 Å². The Kier molecular flexibility index (Phi) is 8.33. The number of benzene rings is 3. The Morgan fingerprint density at radius 3 is 2.21 bits per heavy atom. The minimum absolute atomic E-state index is 0.144. The molecule has 1 heterocycles. The molecule has 0 radical (unpaired) electrons. The van der Waals surface area contributed by atoms with Crippen molar-refractivity contribution in [1.82, 2.24) is 0 Å². The van der Waals surface area contributed by atoms with Crippen LogP contribution in [-0.4, -0.2) is 29.8 Å². The number of anilines is 1. The Morgan fingerprint density at radius 2 is 1.50 bits per heavy atom. The van der Waals surface area contributed by atoms with Gasteiger partial charge in [-0.15, -0.1) is 0 Å². The Labute approximate surface area is 202 Å². The number of aliphatic imine (C=N–C) groups is 1. The van der Waals surface area contributed by atoms with E-state index in [1.165, 1.54) is 32.1 Å². The van der Waals surface area contributed by atoms with Gasteiger partial charge in [-0.25, -0.2) is 4.99 Å². The third-order valence-corrected chi connectivity index (χ3v) is 5.89. The molecule has 0 saturated carbocycles. The zero-order valence-corrected chi connectivity index (χ0v) is 19.9. The van der Waals surface area contributed by atoms with Gasteiger partial charge in [0, 0.05) is 11.6 Å². The lowest BCUT2D eigenvalue weighted by Crippen LogP contribution is -2.31. The summed E-state index contributed by atoms with van der Waals surface area (Å²) in [5.41, 5.74) is 3.49. The van der Waals surface area contributed by atoms with Crippen molar-refractivity contribution in [1.29, 1.82) is 0 Å². The first kappa shape index (κ1) is 23.6. The van der Waals surface area contributed by atoms with Gasteiger partial charge in [-0.2, -0.15) is 5.10 Å². The van der Waals surface area contributed by atoms with E-state index in [-0.39, 0.29) is 5.75 Å². The predicted octanol–water partition coefficient (Wildman–Crippen LogP) is 6.80. The molecule has 5 nitrogen and oxygen atoms in total. The Balaban J connectivity index is 1.49. The maximum Gasteiger partial charge on any atom is 0.179 e. The van der Waals surface area contributed by atoms with E-state index in [4.69, 9.17) is 14.8 Å². The molecule has 1 aliphatic rings. The molecule has 1 aliphatic heterocycles. The molecular weight excluding hydrogens is 422 g/mol. The summed E-state index contributed by atoms with van der Waals surface area (Å²) in [6, 6.07) is 25.4. The lowest BCUT2D eigenvalue weighted by Gasteiger charge is -2.26. The number of aromatic hydroxyl groups is 1. The van der Waals surface area contributed by atoms with E-state index in [0.29, 0.717) is 30.4 Å². The first-order valence-corrected chi connectivity index (χ1v) is 12.2. The van der Waals surface area contributed by atoms with Crippen LogP contribution >= 0.6 is 0 Å². The maximum atomic E-state index is 10.8. The smallest absolute Gasteiger partial charge is 0.179 e. The number of phenolic OH excluding ortho intramolecular Hbond substituents is 1. The third-order valence-electron chi connectivity index (χ3n) is 5.89. The summed E-state index contributed by atoms with van der Waals surface area (Å²) in [6.45, 7) is 3.35. The van der Waals surface area contributed by atoms with E-state index in [1.807, 2.05) is 77.8 Å². The van der Waals surface area contributed by atoms with Crippen LogP contribution in [0.2, 0.25) is 0 Å². The van der Waals surface area contributed by atoms with Gasteiger partial charge in [0.05, 0.1) is 18.9 Å². The van der Waals surface area contributed by atoms with Gasteiger partial charge in [-0.1, -0.05) is 99.7 Å². The van der Waals surface area contributed by atoms with Gasteiger partial charge >= 0.3 is 0 Å². The number of phenols is 1. The minimum Gasteiger partial charge on any atom is -0.506 e. The zero-order chi connectivity index (χ0) is 23.6. The van der Waals surface area contributed by atoms with Crippen molar-refractivity contribution in [2.45, 2.75) is 45.4 Å². The molecule has 0 bridgehead atoms. The van der Waals surface area contributed by atoms with Gasteiger partial charge in [0.2, 0.25) is 0 Å². The summed E-state index contributed by atoms with van der Waals surface area (Å²) in [5.74, 6) is 1.44. The van der Waals surface area contributed by atoms with Crippen LogP contribution in [0.15, 0.2) is 89.0 Å². The average molecular weight is 456 g/mol. The molecule has 0 saturated heterocycles. The molecule has 34 heavy (non-hydrogen) atoms. The lowest BCUT2D eigenvalue weighted by atomic mass is 10.1. The molecule has 0 spiro atoms. The lowest BCUT2D eigenvalue weighted by molar-refractivity contribution is 0.303. The zero-order valence-electron chi connectivity index (χ0n) is 19.9. The number of amidine groups is 1. The fraction of sp³-hybridized carbons (Fsp3) is 0.310. The van der Waals surface area contributed by atoms with Gasteiger partial charge in [-0.05, 0) is 24.1 Å². The number of unbranched alkanes of at least 4 members (excludes halogenated alkanes) is 5. The van der Waals surface area contributed by atoms with Crippen LogP contribution < -0.4 is 9.75 Å². The first-order valence-electron chi connectivity index (χ1n) is 12.2.